The van der Waals surface area contributed by atoms with Gasteiger partial charge in [0.2, 0.25) is 5.91 Å². The van der Waals surface area contributed by atoms with Crippen LogP contribution in [-0.4, -0.2) is 93.4 Å². The van der Waals surface area contributed by atoms with Gasteiger partial charge in [-0.3, -0.25) is 19.4 Å². The number of piperidine rings is 1. The fraction of sp³-hybridized carbons (Fsp3) is 0.450. The van der Waals surface area contributed by atoms with Crippen LogP contribution in [0, 0.1) is 0 Å². The zero-order valence-corrected chi connectivity index (χ0v) is 30.7. The van der Waals surface area contributed by atoms with Crippen molar-refractivity contribution in [2.24, 2.45) is 0 Å². The van der Waals surface area contributed by atoms with Crippen molar-refractivity contribution in [1.82, 2.24) is 14.7 Å². The molecule has 0 saturated carbocycles. The summed E-state index contributed by atoms with van der Waals surface area (Å²) < 4.78 is 12.3. The molecule has 0 bridgehead atoms. The minimum absolute atomic E-state index is 0.00275. The van der Waals surface area contributed by atoms with Gasteiger partial charge in [-0.15, -0.1) is 0 Å². The van der Waals surface area contributed by atoms with Crippen LogP contribution >= 0.6 is 0 Å². The van der Waals surface area contributed by atoms with Crippen molar-refractivity contribution in [3.63, 3.8) is 0 Å². The van der Waals surface area contributed by atoms with E-state index in [1.807, 2.05) is 0 Å². The number of hydrogen-bond donors (Lipinski definition) is 0. The first-order valence-corrected chi connectivity index (χ1v) is 20.3. The first kappa shape index (κ1) is 35.7. The standard InChI is InChI=1S/C40H53N3O4Si/c1-7-46-38(45)31-42-28-27-41(30-37(42)44)25-23-32-29-43(26-24-36(32)47-48(5,6)39(2,3)4)40(33-17-11-8-12-18-33,34-19-13-9-14-20-34)35-21-15-10-16-22-35/h8-23,36H,7,24-31H2,1-6H3/b32-23+. The number of piperazine rings is 1. The predicted octanol–water partition coefficient (Wildman–Crippen LogP) is 6.71. The number of ether oxygens (including phenoxy) is 1. The average Bonchev–Trinajstić information content (AvgIpc) is 3.07. The highest BCUT2D eigenvalue weighted by atomic mass is 28.4. The Morgan fingerprint density at radius 3 is 1.85 bits per heavy atom. The van der Waals surface area contributed by atoms with E-state index in [9.17, 15) is 9.59 Å². The van der Waals surface area contributed by atoms with E-state index in [1.165, 1.54) is 22.3 Å². The van der Waals surface area contributed by atoms with E-state index < -0.39 is 13.9 Å². The predicted molar refractivity (Wildman–Crippen MR) is 195 cm³/mol. The highest BCUT2D eigenvalue weighted by molar-refractivity contribution is 6.74. The van der Waals surface area contributed by atoms with E-state index in [-0.39, 0.29) is 36.1 Å². The number of amides is 1. The van der Waals surface area contributed by atoms with Crippen molar-refractivity contribution in [3.8, 4) is 0 Å². The minimum Gasteiger partial charge on any atom is -0.465 e. The van der Waals surface area contributed by atoms with E-state index in [0.717, 1.165) is 19.5 Å². The second-order valence-corrected chi connectivity index (χ2v) is 19.3. The van der Waals surface area contributed by atoms with Gasteiger partial charge < -0.3 is 14.1 Å². The smallest absolute Gasteiger partial charge is 0.325 e. The summed E-state index contributed by atoms with van der Waals surface area (Å²) in [6.07, 6.45) is 3.20. The first-order chi connectivity index (χ1) is 23.0. The largest absolute Gasteiger partial charge is 0.465 e. The van der Waals surface area contributed by atoms with Crippen molar-refractivity contribution in [3.05, 3.63) is 119 Å². The second-order valence-electron chi connectivity index (χ2n) is 14.5. The number of carbonyl (C=O) groups is 2. The van der Waals surface area contributed by atoms with Crippen molar-refractivity contribution in [2.75, 3.05) is 52.4 Å². The van der Waals surface area contributed by atoms with Crippen LogP contribution in [0.3, 0.4) is 0 Å². The lowest BCUT2D eigenvalue weighted by Gasteiger charge is -2.50. The molecular weight excluding hydrogens is 615 g/mol. The van der Waals surface area contributed by atoms with E-state index >= 15 is 0 Å². The van der Waals surface area contributed by atoms with Gasteiger partial charge >= 0.3 is 5.97 Å². The summed E-state index contributed by atoms with van der Waals surface area (Å²) in [5.74, 6) is -0.392. The molecule has 7 nitrogen and oxygen atoms in total. The molecule has 2 aliphatic heterocycles. The van der Waals surface area contributed by atoms with Gasteiger partial charge in [0.25, 0.3) is 0 Å². The fourth-order valence-corrected chi connectivity index (χ4v) is 8.12. The molecule has 0 N–H and O–H groups in total. The minimum atomic E-state index is -2.08. The van der Waals surface area contributed by atoms with Crippen LogP contribution in [0.25, 0.3) is 0 Å². The molecule has 1 unspecified atom stereocenters. The Labute approximate surface area is 288 Å². The molecule has 2 heterocycles. The molecule has 0 aliphatic carbocycles. The lowest BCUT2D eigenvalue weighted by atomic mass is 9.74. The molecule has 1 atom stereocenters. The molecule has 3 aromatic rings. The number of carbonyl (C=O) groups excluding carboxylic acids is 2. The summed E-state index contributed by atoms with van der Waals surface area (Å²) >= 11 is 0. The van der Waals surface area contributed by atoms with Crippen molar-refractivity contribution < 1.29 is 18.8 Å². The monoisotopic (exact) mass is 667 g/mol. The molecule has 0 radical (unpaired) electrons. The van der Waals surface area contributed by atoms with Gasteiger partial charge in [0.05, 0.1) is 24.8 Å². The number of rotatable bonds is 11. The maximum absolute atomic E-state index is 13.0. The first-order valence-electron chi connectivity index (χ1n) is 17.4. The van der Waals surface area contributed by atoms with Gasteiger partial charge in [-0.2, -0.15) is 0 Å². The average molecular weight is 668 g/mol. The lowest BCUT2D eigenvalue weighted by molar-refractivity contribution is -0.150. The quantitative estimate of drug-likeness (QED) is 0.0981. The molecule has 2 aliphatic rings. The molecule has 256 valence electrons. The van der Waals surface area contributed by atoms with Gasteiger partial charge in [-0.25, -0.2) is 0 Å². The third-order valence-electron chi connectivity index (χ3n) is 10.4. The zero-order chi connectivity index (χ0) is 34.4. The Kier molecular flexibility index (Phi) is 11.4. The van der Waals surface area contributed by atoms with E-state index in [4.69, 9.17) is 9.16 Å². The number of nitrogens with zero attached hydrogens (tertiary/aromatic N) is 3. The van der Waals surface area contributed by atoms with Crippen LogP contribution in [0.5, 0.6) is 0 Å². The third-order valence-corrected chi connectivity index (χ3v) is 14.9. The topological polar surface area (TPSA) is 62.3 Å². The molecule has 48 heavy (non-hydrogen) atoms. The van der Waals surface area contributed by atoms with Crippen molar-refractivity contribution >= 4 is 20.2 Å². The molecule has 1 amide bonds. The van der Waals surface area contributed by atoms with Crippen molar-refractivity contribution in [1.29, 1.82) is 0 Å². The fourth-order valence-electron chi connectivity index (χ4n) is 6.78. The zero-order valence-electron chi connectivity index (χ0n) is 29.7. The van der Waals surface area contributed by atoms with Gasteiger partial charge in [0.1, 0.15) is 6.54 Å². The second kappa shape index (κ2) is 15.3. The highest BCUT2D eigenvalue weighted by Gasteiger charge is 2.46. The summed E-state index contributed by atoms with van der Waals surface area (Å²) in [4.78, 5) is 31.5. The Hall–Kier alpha value is -3.56. The Bertz CT molecular complexity index is 1440. The Balaban J connectivity index is 1.51. The lowest BCUT2D eigenvalue weighted by Crippen LogP contribution is -2.55. The van der Waals surface area contributed by atoms with Crippen LogP contribution in [0.2, 0.25) is 18.1 Å². The highest BCUT2D eigenvalue weighted by Crippen LogP contribution is 2.45. The van der Waals surface area contributed by atoms with Crippen LogP contribution < -0.4 is 0 Å². The third kappa shape index (κ3) is 7.83. The maximum Gasteiger partial charge on any atom is 0.325 e. The Morgan fingerprint density at radius 2 is 1.38 bits per heavy atom. The number of benzene rings is 3. The van der Waals surface area contributed by atoms with Gasteiger partial charge in [-0.05, 0) is 53.7 Å². The molecule has 8 heteroatoms. The summed E-state index contributed by atoms with van der Waals surface area (Å²) in [7, 11) is -2.08. The summed E-state index contributed by atoms with van der Waals surface area (Å²) in [5, 5.41) is 0.0821. The van der Waals surface area contributed by atoms with Crippen molar-refractivity contribution in [2.45, 2.75) is 63.9 Å². The summed E-state index contributed by atoms with van der Waals surface area (Å²) in [6, 6.07) is 32.6. The van der Waals surface area contributed by atoms with Crippen LogP contribution in [-0.2, 0) is 24.3 Å². The molecular formula is C40H53N3O4Si. The van der Waals surface area contributed by atoms with E-state index in [0.29, 0.717) is 26.2 Å². The molecule has 0 aromatic heterocycles. The molecule has 2 saturated heterocycles. The summed E-state index contributed by atoms with van der Waals surface area (Å²) in [6.45, 7) is 17.4. The van der Waals surface area contributed by atoms with Gasteiger partial charge in [0.15, 0.2) is 8.32 Å². The molecule has 0 spiro atoms. The molecule has 3 aromatic carbocycles. The number of esters is 1. The maximum atomic E-state index is 13.0. The van der Waals surface area contributed by atoms with Crippen LogP contribution in [0.1, 0.15) is 50.8 Å². The Morgan fingerprint density at radius 1 is 0.833 bits per heavy atom. The SMILES string of the molecule is CCOC(=O)CN1CCN(C/C=C2\CN(C(c3ccccc3)(c3ccccc3)c3ccccc3)CCC2O[Si](C)(C)C(C)(C)C)CC1=O. The normalized spacial score (nSPS) is 19.5. The molecule has 5 rings (SSSR count). The van der Waals surface area contributed by atoms with Crippen LogP contribution in [0.4, 0.5) is 0 Å². The van der Waals surface area contributed by atoms with Gasteiger partial charge in [0, 0.05) is 32.7 Å². The number of hydrogen-bond acceptors (Lipinski definition) is 6. The van der Waals surface area contributed by atoms with Crippen LogP contribution in [0.15, 0.2) is 103 Å². The van der Waals surface area contributed by atoms with E-state index in [1.54, 1.807) is 11.8 Å². The summed E-state index contributed by atoms with van der Waals surface area (Å²) in [5.41, 5.74) is 4.44. The van der Waals surface area contributed by atoms with E-state index in [2.05, 4.69) is 141 Å². The van der Waals surface area contributed by atoms with Gasteiger partial charge in [-0.1, -0.05) is 118 Å². The molecule has 2 fully saturated rings. The number of likely N-dealkylation sites (tertiary alicyclic amines) is 1.